The highest BCUT2D eigenvalue weighted by Crippen LogP contribution is 2.43. The van der Waals surface area contributed by atoms with Gasteiger partial charge in [-0.05, 0) is 76.3 Å². The standard InChI is InChI=1S/C28H34FN5O/c1-16-11-21(14-22(29)12-16)19(4)33-28(35)24-15-31-26-23(13-18(3)32-25(26)20-5-6-20)27(24)34-9-7-17(2)30-8-10-34/h11-15,17,19-20,30H,5-10H2,1-4H3,(H,33,35)/t17-,19-/m0/s1. The Labute approximate surface area is 206 Å². The molecule has 0 bridgehead atoms. The summed E-state index contributed by atoms with van der Waals surface area (Å²) < 4.78 is 14.0. The number of nitrogens with zero attached hydrogens (tertiary/aromatic N) is 3. The Balaban J connectivity index is 1.57. The lowest BCUT2D eigenvalue weighted by Gasteiger charge is -2.27. The van der Waals surface area contributed by atoms with Crippen molar-refractivity contribution in [1.29, 1.82) is 0 Å². The van der Waals surface area contributed by atoms with E-state index in [1.807, 2.05) is 26.8 Å². The number of aromatic nitrogens is 2. The molecule has 2 fully saturated rings. The number of anilines is 1. The van der Waals surface area contributed by atoms with Gasteiger partial charge < -0.3 is 15.5 Å². The van der Waals surface area contributed by atoms with Crippen LogP contribution in [0.25, 0.3) is 10.9 Å². The molecule has 3 heterocycles. The minimum Gasteiger partial charge on any atom is -0.369 e. The first-order valence-corrected chi connectivity index (χ1v) is 12.7. The van der Waals surface area contributed by atoms with E-state index in [2.05, 4.69) is 28.5 Å². The molecule has 35 heavy (non-hydrogen) atoms. The topological polar surface area (TPSA) is 70.2 Å². The molecule has 1 saturated heterocycles. The molecule has 5 rings (SSSR count). The normalized spacial score (nSPS) is 19.5. The summed E-state index contributed by atoms with van der Waals surface area (Å²) in [5.41, 5.74) is 5.97. The number of benzene rings is 1. The fraction of sp³-hybridized carbons (Fsp3) is 0.464. The van der Waals surface area contributed by atoms with E-state index in [1.165, 1.54) is 12.1 Å². The molecule has 1 aliphatic heterocycles. The summed E-state index contributed by atoms with van der Waals surface area (Å²) in [5, 5.41) is 7.64. The highest BCUT2D eigenvalue weighted by molar-refractivity contribution is 6.08. The van der Waals surface area contributed by atoms with Gasteiger partial charge in [0.15, 0.2) is 0 Å². The Morgan fingerprint density at radius 2 is 1.97 bits per heavy atom. The lowest BCUT2D eigenvalue weighted by atomic mass is 10.0. The van der Waals surface area contributed by atoms with E-state index in [9.17, 15) is 9.18 Å². The van der Waals surface area contributed by atoms with Gasteiger partial charge in [0.05, 0.1) is 28.5 Å². The number of aryl methyl sites for hydroxylation is 2. The molecule has 0 spiro atoms. The molecule has 0 unspecified atom stereocenters. The molecule has 184 valence electrons. The molecule has 6 nitrogen and oxygen atoms in total. The van der Waals surface area contributed by atoms with E-state index in [-0.39, 0.29) is 17.8 Å². The number of hydrogen-bond acceptors (Lipinski definition) is 5. The van der Waals surface area contributed by atoms with Crippen molar-refractivity contribution in [3.05, 3.63) is 64.4 Å². The quantitative estimate of drug-likeness (QED) is 0.547. The van der Waals surface area contributed by atoms with Crippen LogP contribution in [0.5, 0.6) is 0 Å². The summed E-state index contributed by atoms with van der Waals surface area (Å²) >= 11 is 0. The lowest BCUT2D eigenvalue weighted by Crippen LogP contribution is -2.33. The molecule has 7 heteroatoms. The Morgan fingerprint density at radius 1 is 1.17 bits per heavy atom. The maximum Gasteiger partial charge on any atom is 0.255 e. The number of carbonyl (C=O) groups excluding carboxylic acids is 1. The van der Waals surface area contributed by atoms with Crippen molar-refractivity contribution in [3.63, 3.8) is 0 Å². The van der Waals surface area contributed by atoms with Crippen molar-refractivity contribution in [1.82, 2.24) is 20.6 Å². The molecule has 2 aromatic heterocycles. The van der Waals surface area contributed by atoms with Gasteiger partial charge in [0.25, 0.3) is 5.91 Å². The van der Waals surface area contributed by atoms with E-state index in [4.69, 9.17) is 9.97 Å². The van der Waals surface area contributed by atoms with Crippen molar-refractivity contribution in [2.75, 3.05) is 24.5 Å². The van der Waals surface area contributed by atoms with E-state index in [0.29, 0.717) is 17.5 Å². The number of halogens is 1. The summed E-state index contributed by atoms with van der Waals surface area (Å²) in [5.74, 6) is -0.0353. The summed E-state index contributed by atoms with van der Waals surface area (Å²) in [6.45, 7) is 10.5. The van der Waals surface area contributed by atoms with Gasteiger partial charge in [0, 0.05) is 48.9 Å². The summed E-state index contributed by atoms with van der Waals surface area (Å²) in [6.07, 6.45) is 4.98. The van der Waals surface area contributed by atoms with Gasteiger partial charge in [0.1, 0.15) is 5.82 Å². The fourth-order valence-corrected chi connectivity index (χ4v) is 5.10. The SMILES string of the molecule is Cc1cc(F)cc([C@H](C)NC(=O)c2cnc3c(C4CC4)nc(C)cc3c2N2CCN[C@@H](C)CC2)c1. The van der Waals surface area contributed by atoms with Crippen LogP contribution in [0, 0.1) is 19.7 Å². The average molecular weight is 476 g/mol. The van der Waals surface area contributed by atoms with Crippen LogP contribution in [-0.2, 0) is 0 Å². The zero-order valence-electron chi connectivity index (χ0n) is 21.0. The van der Waals surface area contributed by atoms with Crippen molar-refractivity contribution in [2.45, 2.75) is 65.0 Å². The van der Waals surface area contributed by atoms with Crippen LogP contribution in [-0.4, -0.2) is 41.6 Å². The predicted octanol–water partition coefficient (Wildman–Crippen LogP) is 4.94. The van der Waals surface area contributed by atoms with E-state index < -0.39 is 0 Å². The second-order valence-electron chi connectivity index (χ2n) is 10.2. The predicted molar refractivity (Wildman–Crippen MR) is 138 cm³/mol. The van der Waals surface area contributed by atoms with Gasteiger partial charge in [0.2, 0.25) is 0 Å². The number of amides is 1. The van der Waals surface area contributed by atoms with Gasteiger partial charge in [-0.25, -0.2) is 4.39 Å². The first-order valence-electron chi connectivity index (χ1n) is 12.7. The van der Waals surface area contributed by atoms with Crippen LogP contribution in [0.1, 0.15) is 77.9 Å². The largest absolute Gasteiger partial charge is 0.369 e. The van der Waals surface area contributed by atoms with Gasteiger partial charge in [-0.15, -0.1) is 0 Å². The van der Waals surface area contributed by atoms with Crippen LogP contribution >= 0.6 is 0 Å². The number of carbonyl (C=O) groups is 1. The van der Waals surface area contributed by atoms with Crippen LogP contribution in [0.2, 0.25) is 0 Å². The number of fused-ring (bicyclic) bond motifs is 1. The number of pyridine rings is 2. The fourth-order valence-electron chi connectivity index (χ4n) is 5.10. The van der Waals surface area contributed by atoms with Crippen molar-refractivity contribution >= 4 is 22.5 Å². The Morgan fingerprint density at radius 3 is 2.71 bits per heavy atom. The highest BCUT2D eigenvalue weighted by Gasteiger charge is 2.30. The number of nitrogens with one attached hydrogen (secondary N) is 2. The third kappa shape index (κ3) is 5.01. The molecule has 1 amide bonds. The first-order chi connectivity index (χ1) is 16.8. The number of hydrogen-bond donors (Lipinski definition) is 2. The van der Waals surface area contributed by atoms with Gasteiger partial charge >= 0.3 is 0 Å². The Hall–Kier alpha value is -3.06. The Kier molecular flexibility index (Phi) is 6.45. The van der Waals surface area contributed by atoms with Crippen molar-refractivity contribution in [2.24, 2.45) is 0 Å². The minimum absolute atomic E-state index is 0.198. The van der Waals surface area contributed by atoms with E-state index in [0.717, 1.165) is 78.0 Å². The zero-order chi connectivity index (χ0) is 24.7. The molecule has 2 N–H and O–H groups in total. The summed E-state index contributed by atoms with van der Waals surface area (Å²) in [6, 6.07) is 7.04. The van der Waals surface area contributed by atoms with Gasteiger partial charge in [-0.3, -0.25) is 14.8 Å². The van der Waals surface area contributed by atoms with Crippen LogP contribution in [0.3, 0.4) is 0 Å². The average Bonchev–Trinajstić information content (AvgIpc) is 3.65. The summed E-state index contributed by atoms with van der Waals surface area (Å²) in [7, 11) is 0. The molecule has 1 saturated carbocycles. The number of rotatable bonds is 5. The monoisotopic (exact) mass is 475 g/mol. The summed E-state index contributed by atoms with van der Waals surface area (Å²) in [4.78, 5) is 25.6. The molecular weight excluding hydrogens is 441 g/mol. The molecule has 0 radical (unpaired) electrons. The smallest absolute Gasteiger partial charge is 0.255 e. The lowest BCUT2D eigenvalue weighted by molar-refractivity contribution is 0.0940. The second kappa shape index (κ2) is 9.53. The van der Waals surface area contributed by atoms with E-state index in [1.54, 1.807) is 6.20 Å². The molecular formula is C28H34FN5O. The van der Waals surface area contributed by atoms with Crippen LogP contribution in [0.15, 0.2) is 30.5 Å². The molecule has 3 aromatic rings. The molecule has 1 aliphatic carbocycles. The van der Waals surface area contributed by atoms with Gasteiger partial charge in [-0.1, -0.05) is 6.07 Å². The third-order valence-corrected chi connectivity index (χ3v) is 7.12. The maximum absolute atomic E-state index is 14.0. The third-order valence-electron chi connectivity index (χ3n) is 7.12. The van der Waals surface area contributed by atoms with Crippen LogP contribution < -0.4 is 15.5 Å². The second-order valence-corrected chi connectivity index (χ2v) is 10.2. The maximum atomic E-state index is 14.0. The Bertz CT molecular complexity index is 1250. The molecule has 1 aromatic carbocycles. The van der Waals surface area contributed by atoms with Crippen molar-refractivity contribution < 1.29 is 9.18 Å². The molecule has 2 aliphatic rings. The van der Waals surface area contributed by atoms with E-state index >= 15 is 0 Å². The highest BCUT2D eigenvalue weighted by atomic mass is 19.1. The van der Waals surface area contributed by atoms with Crippen LogP contribution in [0.4, 0.5) is 10.1 Å². The minimum atomic E-state index is -0.340. The van der Waals surface area contributed by atoms with Gasteiger partial charge in [-0.2, -0.15) is 0 Å². The first kappa shape index (κ1) is 23.7. The zero-order valence-corrected chi connectivity index (χ0v) is 21.0. The van der Waals surface area contributed by atoms with Crippen molar-refractivity contribution in [3.8, 4) is 0 Å². The molecule has 2 atom stereocenters.